The predicted octanol–water partition coefficient (Wildman–Crippen LogP) is 3.13. The molecule has 0 radical (unpaired) electrons. The molecule has 84 valence electrons. The number of nitrogens with one attached hydrogen (secondary N) is 1. The van der Waals surface area contributed by atoms with Crippen molar-refractivity contribution >= 4 is 11.3 Å². The fourth-order valence-corrected chi connectivity index (χ4v) is 2.08. The van der Waals surface area contributed by atoms with Gasteiger partial charge in [0.05, 0.1) is 0 Å². The van der Waals surface area contributed by atoms with E-state index >= 15 is 0 Å². The maximum Gasteiger partial charge on any atom is 0.127 e. The van der Waals surface area contributed by atoms with Gasteiger partial charge >= 0.3 is 0 Å². The van der Waals surface area contributed by atoms with Crippen LogP contribution in [0.3, 0.4) is 0 Å². The Hall–Kier alpha value is -1.26. The molecule has 0 aliphatic rings. The summed E-state index contributed by atoms with van der Waals surface area (Å²) in [5.74, 6) is -0.165. The third kappa shape index (κ3) is 2.65. The Kier molecular flexibility index (Phi) is 3.64. The van der Waals surface area contributed by atoms with Crippen molar-refractivity contribution in [2.75, 3.05) is 0 Å². The summed E-state index contributed by atoms with van der Waals surface area (Å²) in [5.41, 5.74) is 0.694. The zero-order chi connectivity index (χ0) is 11.4. The molecule has 0 bridgehead atoms. The van der Waals surface area contributed by atoms with Gasteiger partial charge in [-0.1, -0.05) is 18.2 Å². The van der Waals surface area contributed by atoms with E-state index in [0.29, 0.717) is 12.1 Å². The van der Waals surface area contributed by atoms with E-state index in [-0.39, 0.29) is 11.9 Å². The highest BCUT2D eigenvalue weighted by atomic mass is 32.1. The lowest BCUT2D eigenvalue weighted by Crippen LogP contribution is -2.18. The largest absolute Gasteiger partial charge is 0.304 e. The van der Waals surface area contributed by atoms with Crippen LogP contribution in [0.2, 0.25) is 0 Å². The van der Waals surface area contributed by atoms with Crippen LogP contribution in [0.4, 0.5) is 4.39 Å². The smallest absolute Gasteiger partial charge is 0.127 e. The van der Waals surface area contributed by atoms with Crippen LogP contribution in [-0.2, 0) is 6.54 Å². The Morgan fingerprint density at radius 3 is 2.94 bits per heavy atom. The van der Waals surface area contributed by atoms with Gasteiger partial charge in [0.1, 0.15) is 10.8 Å². The number of thiazole rings is 1. The molecule has 2 aromatic rings. The zero-order valence-electron chi connectivity index (χ0n) is 8.98. The number of nitrogens with zero attached hydrogens (tertiary/aromatic N) is 1. The third-order valence-electron chi connectivity index (χ3n) is 2.41. The second kappa shape index (κ2) is 5.18. The van der Waals surface area contributed by atoms with Gasteiger partial charge in [-0.05, 0) is 13.0 Å². The second-order valence-corrected chi connectivity index (χ2v) is 4.53. The van der Waals surface area contributed by atoms with Crippen LogP contribution in [-0.4, -0.2) is 4.98 Å². The zero-order valence-corrected chi connectivity index (χ0v) is 9.80. The second-order valence-electron chi connectivity index (χ2n) is 3.55. The molecule has 0 saturated heterocycles. The van der Waals surface area contributed by atoms with E-state index in [2.05, 4.69) is 10.3 Å². The van der Waals surface area contributed by atoms with Crippen molar-refractivity contribution in [2.45, 2.75) is 19.5 Å². The molecule has 0 fully saturated rings. The monoisotopic (exact) mass is 236 g/mol. The maximum absolute atomic E-state index is 13.5. The van der Waals surface area contributed by atoms with E-state index in [1.165, 1.54) is 6.07 Å². The van der Waals surface area contributed by atoms with Crippen molar-refractivity contribution < 1.29 is 4.39 Å². The summed E-state index contributed by atoms with van der Waals surface area (Å²) in [6.45, 7) is 2.62. The van der Waals surface area contributed by atoms with Crippen molar-refractivity contribution in [1.82, 2.24) is 10.3 Å². The highest BCUT2D eigenvalue weighted by Gasteiger charge is 2.09. The van der Waals surface area contributed by atoms with Crippen LogP contribution in [0.25, 0.3) is 0 Å². The molecule has 1 aromatic carbocycles. The molecule has 0 aliphatic heterocycles. The number of hydrogen-bond acceptors (Lipinski definition) is 3. The molecule has 2 nitrogen and oxygen atoms in total. The Morgan fingerprint density at radius 1 is 1.44 bits per heavy atom. The molecular formula is C12H13FN2S. The average Bonchev–Trinajstić information content (AvgIpc) is 2.79. The minimum Gasteiger partial charge on any atom is -0.304 e. The molecule has 1 heterocycles. The van der Waals surface area contributed by atoms with Gasteiger partial charge in [-0.25, -0.2) is 9.37 Å². The quantitative estimate of drug-likeness (QED) is 0.882. The molecule has 0 unspecified atom stereocenters. The molecule has 0 saturated carbocycles. The minimum absolute atomic E-state index is 0.00917. The first-order valence-corrected chi connectivity index (χ1v) is 6.01. The van der Waals surface area contributed by atoms with E-state index in [0.717, 1.165) is 5.01 Å². The van der Waals surface area contributed by atoms with E-state index in [4.69, 9.17) is 0 Å². The molecule has 1 atom stereocenters. The lowest BCUT2D eigenvalue weighted by molar-refractivity contribution is 0.527. The molecule has 4 heteroatoms. The fourth-order valence-electron chi connectivity index (χ4n) is 1.52. The lowest BCUT2D eigenvalue weighted by atomic mass is 10.1. The van der Waals surface area contributed by atoms with Crippen LogP contribution < -0.4 is 5.32 Å². The number of benzene rings is 1. The minimum atomic E-state index is -0.165. The van der Waals surface area contributed by atoms with Gasteiger partial charge < -0.3 is 5.32 Å². The molecule has 1 aromatic heterocycles. The summed E-state index contributed by atoms with van der Waals surface area (Å²) in [7, 11) is 0. The number of rotatable bonds is 4. The van der Waals surface area contributed by atoms with E-state index < -0.39 is 0 Å². The standard InChI is InChI=1S/C12H13FN2S/c1-9(10-4-2-3-5-11(10)13)15-8-12-14-6-7-16-12/h2-7,9,15H,8H2,1H3/t9-/m1/s1. The normalized spacial score (nSPS) is 12.6. The Morgan fingerprint density at radius 2 is 2.25 bits per heavy atom. The van der Waals surface area contributed by atoms with Crippen molar-refractivity contribution in [3.63, 3.8) is 0 Å². The topological polar surface area (TPSA) is 24.9 Å². The number of halogens is 1. The van der Waals surface area contributed by atoms with Gasteiger partial charge in [0.25, 0.3) is 0 Å². The van der Waals surface area contributed by atoms with Crippen LogP contribution in [0.15, 0.2) is 35.8 Å². The number of aromatic nitrogens is 1. The summed E-state index contributed by atoms with van der Waals surface area (Å²) < 4.78 is 13.5. The van der Waals surface area contributed by atoms with Gasteiger partial charge in [0.15, 0.2) is 0 Å². The van der Waals surface area contributed by atoms with Crippen molar-refractivity contribution in [3.05, 3.63) is 52.2 Å². The summed E-state index contributed by atoms with van der Waals surface area (Å²) in [6, 6.07) is 6.82. The lowest BCUT2D eigenvalue weighted by Gasteiger charge is -2.13. The summed E-state index contributed by atoms with van der Waals surface area (Å²) in [6.07, 6.45) is 1.77. The fraction of sp³-hybridized carbons (Fsp3) is 0.250. The van der Waals surface area contributed by atoms with Crippen molar-refractivity contribution in [3.8, 4) is 0 Å². The van der Waals surface area contributed by atoms with E-state index in [1.54, 1.807) is 29.7 Å². The molecule has 0 amide bonds. The Bertz CT molecular complexity index is 442. The summed E-state index contributed by atoms with van der Waals surface area (Å²) in [5, 5.41) is 6.20. The highest BCUT2D eigenvalue weighted by molar-refractivity contribution is 7.09. The molecule has 1 N–H and O–H groups in total. The molecule has 0 aliphatic carbocycles. The van der Waals surface area contributed by atoms with Gasteiger partial charge in [0.2, 0.25) is 0 Å². The molecule has 2 rings (SSSR count). The summed E-state index contributed by atoms with van der Waals surface area (Å²) >= 11 is 1.60. The van der Waals surface area contributed by atoms with Gasteiger partial charge in [-0.3, -0.25) is 0 Å². The maximum atomic E-state index is 13.5. The summed E-state index contributed by atoms with van der Waals surface area (Å²) in [4.78, 5) is 4.17. The van der Waals surface area contributed by atoms with Gasteiger partial charge in [0, 0.05) is 29.7 Å². The SMILES string of the molecule is C[C@@H](NCc1nccs1)c1ccccc1F. The van der Waals surface area contributed by atoms with E-state index in [1.807, 2.05) is 18.4 Å². The van der Waals surface area contributed by atoms with Crippen LogP contribution in [0, 0.1) is 5.82 Å². The highest BCUT2D eigenvalue weighted by Crippen LogP contribution is 2.16. The first-order valence-electron chi connectivity index (χ1n) is 5.13. The molecule has 0 spiro atoms. The van der Waals surface area contributed by atoms with Gasteiger partial charge in [-0.2, -0.15) is 0 Å². The van der Waals surface area contributed by atoms with E-state index in [9.17, 15) is 4.39 Å². The third-order valence-corrected chi connectivity index (χ3v) is 3.19. The van der Waals surface area contributed by atoms with Crippen molar-refractivity contribution in [2.24, 2.45) is 0 Å². The molecule has 16 heavy (non-hydrogen) atoms. The van der Waals surface area contributed by atoms with Crippen molar-refractivity contribution in [1.29, 1.82) is 0 Å². The Labute approximate surface area is 98.2 Å². The molecular weight excluding hydrogens is 223 g/mol. The van der Waals surface area contributed by atoms with Gasteiger partial charge in [-0.15, -0.1) is 11.3 Å². The van der Waals surface area contributed by atoms with Crippen LogP contribution in [0.1, 0.15) is 23.5 Å². The first kappa shape index (κ1) is 11.2. The van der Waals surface area contributed by atoms with Crippen LogP contribution >= 0.6 is 11.3 Å². The predicted molar refractivity (Wildman–Crippen MR) is 63.8 cm³/mol. The first-order chi connectivity index (χ1) is 7.77. The average molecular weight is 236 g/mol. The Balaban J connectivity index is 1.98. The van der Waals surface area contributed by atoms with Crippen LogP contribution in [0.5, 0.6) is 0 Å². The number of hydrogen-bond donors (Lipinski definition) is 1.